The van der Waals surface area contributed by atoms with Crippen LogP contribution in [0, 0.1) is 5.82 Å². The zero-order valence-corrected chi connectivity index (χ0v) is 16.0. The summed E-state index contributed by atoms with van der Waals surface area (Å²) in [6, 6.07) is 12.0. The van der Waals surface area contributed by atoms with E-state index in [2.05, 4.69) is 5.32 Å². The van der Waals surface area contributed by atoms with E-state index in [1.165, 1.54) is 11.0 Å². The zero-order valence-electron chi connectivity index (χ0n) is 15.2. The average molecular weight is 393 g/mol. The van der Waals surface area contributed by atoms with Gasteiger partial charge in [0.15, 0.2) is 6.61 Å². The Morgan fingerprint density at radius 2 is 1.85 bits per heavy atom. The normalized spacial score (nSPS) is 11.6. The van der Waals surface area contributed by atoms with Crippen molar-refractivity contribution in [1.29, 1.82) is 0 Å². The smallest absolute Gasteiger partial charge is 0.261 e. The van der Waals surface area contributed by atoms with Crippen LogP contribution >= 0.6 is 11.6 Å². The first-order valence-electron chi connectivity index (χ1n) is 8.61. The highest BCUT2D eigenvalue weighted by molar-refractivity contribution is 6.30. The van der Waals surface area contributed by atoms with Gasteiger partial charge in [0.05, 0.1) is 0 Å². The molecule has 2 aromatic carbocycles. The quantitative estimate of drug-likeness (QED) is 0.749. The van der Waals surface area contributed by atoms with Crippen molar-refractivity contribution in [1.82, 2.24) is 10.2 Å². The van der Waals surface area contributed by atoms with E-state index in [-0.39, 0.29) is 19.1 Å². The van der Waals surface area contributed by atoms with E-state index in [4.69, 9.17) is 16.3 Å². The van der Waals surface area contributed by atoms with E-state index in [0.717, 1.165) is 0 Å². The summed E-state index contributed by atoms with van der Waals surface area (Å²) < 4.78 is 19.5. The maximum Gasteiger partial charge on any atom is 0.261 e. The Balaban J connectivity index is 2.14. The number of nitrogens with zero attached hydrogens (tertiary/aromatic N) is 1. The minimum absolute atomic E-state index is 0.0339. The van der Waals surface area contributed by atoms with E-state index in [1.54, 1.807) is 56.3 Å². The largest absolute Gasteiger partial charge is 0.484 e. The Labute approximate surface area is 163 Å². The standard InChI is InChI=1S/C20H22ClFN2O3/c1-3-23-20(26)14(2)24(12-15-6-4-5-7-18(15)22)19(25)13-27-17-10-8-16(21)9-11-17/h4-11,14H,3,12-13H2,1-2H3,(H,23,26)/t14-/m0/s1. The van der Waals surface area contributed by atoms with Crippen LogP contribution in [0.15, 0.2) is 48.5 Å². The molecule has 0 bridgehead atoms. The summed E-state index contributed by atoms with van der Waals surface area (Å²) >= 11 is 5.83. The van der Waals surface area contributed by atoms with Crippen molar-refractivity contribution in [3.63, 3.8) is 0 Å². The maximum absolute atomic E-state index is 14.0. The first-order chi connectivity index (χ1) is 12.9. The highest BCUT2D eigenvalue weighted by atomic mass is 35.5. The van der Waals surface area contributed by atoms with E-state index in [1.807, 2.05) is 0 Å². The predicted molar refractivity (Wildman–Crippen MR) is 102 cm³/mol. The third kappa shape index (κ3) is 5.96. The average Bonchev–Trinajstić information content (AvgIpc) is 2.66. The summed E-state index contributed by atoms with van der Waals surface area (Å²) in [7, 11) is 0. The summed E-state index contributed by atoms with van der Waals surface area (Å²) in [5, 5.41) is 3.23. The predicted octanol–water partition coefficient (Wildman–Crippen LogP) is 3.41. The summed E-state index contributed by atoms with van der Waals surface area (Å²) in [6.45, 7) is 3.52. The van der Waals surface area contributed by atoms with Gasteiger partial charge in [0, 0.05) is 23.7 Å². The van der Waals surface area contributed by atoms with E-state index >= 15 is 0 Å². The molecule has 0 radical (unpaired) electrons. The third-order valence-electron chi connectivity index (χ3n) is 3.99. The Morgan fingerprint density at radius 1 is 1.19 bits per heavy atom. The van der Waals surface area contributed by atoms with Gasteiger partial charge >= 0.3 is 0 Å². The molecule has 1 N–H and O–H groups in total. The first-order valence-corrected chi connectivity index (χ1v) is 8.99. The van der Waals surface area contributed by atoms with Crippen molar-refractivity contribution in [2.75, 3.05) is 13.2 Å². The van der Waals surface area contributed by atoms with Gasteiger partial charge in [-0.05, 0) is 44.2 Å². The number of amides is 2. The molecule has 2 rings (SSSR count). The minimum Gasteiger partial charge on any atom is -0.484 e. The van der Waals surface area contributed by atoms with Gasteiger partial charge < -0.3 is 15.0 Å². The Hall–Kier alpha value is -2.60. The Bertz CT molecular complexity index is 783. The molecule has 0 fully saturated rings. The fourth-order valence-corrected chi connectivity index (χ4v) is 2.60. The second-order valence-corrected chi connectivity index (χ2v) is 6.36. The molecule has 0 aromatic heterocycles. The van der Waals surface area contributed by atoms with Gasteiger partial charge in [-0.3, -0.25) is 9.59 Å². The van der Waals surface area contributed by atoms with Crippen molar-refractivity contribution in [3.05, 3.63) is 64.9 Å². The van der Waals surface area contributed by atoms with Gasteiger partial charge in [-0.15, -0.1) is 0 Å². The second-order valence-electron chi connectivity index (χ2n) is 5.93. The monoisotopic (exact) mass is 392 g/mol. The van der Waals surface area contributed by atoms with Crippen LogP contribution in [0.1, 0.15) is 19.4 Å². The molecule has 0 spiro atoms. The summed E-state index contributed by atoms with van der Waals surface area (Å²) in [6.07, 6.45) is 0. The molecule has 2 amide bonds. The lowest BCUT2D eigenvalue weighted by Crippen LogP contribution is -2.49. The van der Waals surface area contributed by atoms with Crippen LogP contribution in [0.5, 0.6) is 5.75 Å². The van der Waals surface area contributed by atoms with Crippen LogP contribution < -0.4 is 10.1 Å². The highest BCUT2D eigenvalue weighted by Crippen LogP contribution is 2.17. The topological polar surface area (TPSA) is 58.6 Å². The second kappa shape index (κ2) is 9.92. The zero-order chi connectivity index (χ0) is 19.8. The van der Waals surface area contributed by atoms with Crippen LogP contribution in [0.3, 0.4) is 0 Å². The van der Waals surface area contributed by atoms with Crippen molar-refractivity contribution in [2.24, 2.45) is 0 Å². The maximum atomic E-state index is 14.0. The van der Waals surface area contributed by atoms with E-state index in [9.17, 15) is 14.0 Å². The van der Waals surface area contributed by atoms with Gasteiger partial charge in [-0.25, -0.2) is 4.39 Å². The molecule has 5 nitrogen and oxygen atoms in total. The fraction of sp³-hybridized carbons (Fsp3) is 0.300. The number of ether oxygens (including phenoxy) is 1. The number of likely N-dealkylation sites (N-methyl/N-ethyl adjacent to an activating group) is 1. The lowest BCUT2D eigenvalue weighted by molar-refractivity contribution is -0.142. The SMILES string of the molecule is CCNC(=O)[C@H](C)N(Cc1ccccc1F)C(=O)COc1ccc(Cl)cc1. The molecule has 2 aromatic rings. The molecule has 7 heteroatoms. The van der Waals surface area contributed by atoms with Crippen molar-refractivity contribution in [3.8, 4) is 5.75 Å². The number of hydrogen-bond acceptors (Lipinski definition) is 3. The molecular formula is C20H22ClFN2O3. The third-order valence-corrected chi connectivity index (χ3v) is 4.24. The van der Waals surface area contributed by atoms with Crippen molar-refractivity contribution >= 4 is 23.4 Å². The molecule has 0 aliphatic heterocycles. The molecule has 0 heterocycles. The lowest BCUT2D eigenvalue weighted by Gasteiger charge is -2.28. The number of nitrogens with one attached hydrogen (secondary N) is 1. The van der Waals surface area contributed by atoms with Crippen LogP contribution in [-0.4, -0.2) is 35.9 Å². The first kappa shape index (κ1) is 20.7. The molecule has 27 heavy (non-hydrogen) atoms. The minimum atomic E-state index is -0.772. The number of carbonyl (C=O) groups is 2. The van der Waals surface area contributed by atoms with Crippen molar-refractivity contribution < 1.29 is 18.7 Å². The van der Waals surface area contributed by atoms with Gasteiger partial charge in [0.1, 0.15) is 17.6 Å². The number of rotatable bonds is 8. The summed E-state index contributed by atoms with van der Waals surface area (Å²) in [4.78, 5) is 26.2. The van der Waals surface area contributed by atoms with Gasteiger partial charge in [-0.2, -0.15) is 0 Å². The highest BCUT2D eigenvalue weighted by Gasteiger charge is 2.26. The molecule has 0 aliphatic carbocycles. The Morgan fingerprint density at radius 3 is 2.48 bits per heavy atom. The van der Waals surface area contributed by atoms with E-state index < -0.39 is 17.8 Å². The number of benzene rings is 2. The van der Waals surface area contributed by atoms with Crippen molar-refractivity contribution in [2.45, 2.75) is 26.4 Å². The van der Waals surface area contributed by atoms with Crippen LogP contribution in [0.25, 0.3) is 0 Å². The summed E-state index contributed by atoms with van der Waals surface area (Å²) in [5.41, 5.74) is 0.327. The molecule has 0 saturated heterocycles. The van der Waals surface area contributed by atoms with Gasteiger partial charge in [-0.1, -0.05) is 29.8 Å². The number of halogens is 2. The molecule has 0 saturated carbocycles. The van der Waals surface area contributed by atoms with Gasteiger partial charge in [0.25, 0.3) is 5.91 Å². The van der Waals surface area contributed by atoms with Crippen LogP contribution in [-0.2, 0) is 16.1 Å². The lowest BCUT2D eigenvalue weighted by atomic mass is 10.1. The molecule has 0 aliphatic rings. The number of carbonyl (C=O) groups excluding carboxylic acids is 2. The van der Waals surface area contributed by atoms with Crippen LogP contribution in [0.4, 0.5) is 4.39 Å². The Kier molecular flexibility index (Phi) is 7.61. The molecule has 144 valence electrons. The molecule has 1 atom stereocenters. The van der Waals surface area contributed by atoms with E-state index in [0.29, 0.717) is 22.9 Å². The number of hydrogen-bond donors (Lipinski definition) is 1. The van der Waals surface area contributed by atoms with Crippen LogP contribution in [0.2, 0.25) is 5.02 Å². The fourth-order valence-electron chi connectivity index (χ4n) is 2.47. The molecular weight excluding hydrogens is 371 g/mol. The molecule has 0 unspecified atom stereocenters. The summed E-state index contributed by atoms with van der Waals surface area (Å²) in [5.74, 6) is -0.693. The van der Waals surface area contributed by atoms with Gasteiger partial charge in [0.2, 0.25) is 5.91 Å².